The minimum atomic E-state index is -0.750. The van der Waals surface area contributed by atoms with E-state index in [0.717, 1.165) is 0 Å². The molecule has 0 aliphatic heterocycles. The Morgan fingerprint density at radius 3 is 1.74 bits per heavy atom. The van der Waals surface area contributed by atoms with Crippen molar-refractivity contribution in [1.29, 1.82) is 0 Å². The molecule has 0 unspecified atom stereocenters. The fourth-order valence-electron chi connectivity index (χ4n) is 1.46. The van der Waals surface area contributed by atoms with Crippen molar-refractivity contribution in [3.05, 3.63) is 53.7 Å². The molecule has 0 aromatic carbocycles. The van der Waals surface area contributed by atoms with Crippen molar-refractivity contribution in [1.82, 2.24) is 9.97 Å². The van der Waals surface area contributed by atoms with E-state index in [4.69, 9.17) is 19.9 Å². The Morgan fingerprint density at radius 1 is 0.974 bits per heavy atom. The molecular formula is C17H17Br3K2N4O13. The maximum absolute atomic E-state index is 10.8. The third-order valence-corrected chi connectivity index (χ3v) is 4.26. The molecule has 22 heteroatoms. The van der Waals surface area contributed by atoms with Crippen LogP contribution in [0.1, 0.15) is 1.43 Å². The number of methoxy groups -OCH3 is 2. The molecule has 206 valence electrons. The summed E-state index contributed by atoms with van der Waals surface area (Å²) in [5.41, 5.74) is 0. The van der Waals surface area contributed by atoms with Crippen molar-refractivity contribution in [3.63, 3.8) is 0 Å². The van der Waals surface area contributed by atoms with Gasteiger partial charge in [-0.15, -0.1) is 0 Å². The molecular weight excluding hydrogens is 786 g/mol. The number of nitrogens with zero attached hydrogens (tertiary/aromatic N) is 4. The van der Waals surface area contributed by atoms with Crippen LogP contribution in [-0.4, -0.2) is 69.5 Å². The number of esters is 2. The first-order valence-corrected chi connectivity index (χ1v) is 11.4. The predicted octanol–water partition coefficient (Wildman–Crippen LogP) is -4.13. The van der Waals surface area contributed by atoms with E-state index in [1.165, 1.54) is 38.5 Å². The molecule has 17 nitrogen and oxygen atoms in total. The van der Waals surface area contributed by atoms with Gasteiger partial charge in [0.1, 0.15) is 5.33 Å². The number of aromatic nitrogens is 2. The van der Waals surface area contributed by atoms with Crippen molar-refractivity contribution in [2.24, 2.45) is 0 Å². The van der Waals surface area contributed by atoms with E-state index in [2.05, 4.69) is 72.1 Å². The number of pyridine rings is 2. The summed E-state index contributed by atoms with van der Waals surface area (Å²) in [4.78, 5) is 58.3. The monoisotopic (exact) mass is 800 g/mol. The van der Waals surface area contributed by atoms with Crippen molar-refractivity contribution in [2.75, 3.05) is 26.2 Å². The van der Waals surface area contributed by atoms with Crippen LogP contribution in [0, 0.1) is 20.2 Å². The summed E-state index contributed by atoms with van der Waals surface area (Å²) in [6.07, 6.45) is 0. The van der Waals surface area contributed by atoms with Gasteiger partial charge in [0.25, 0.3) is 6.47 Å². The van der Waals surface area contributed by atoms with Crippen LogP contribution in [0.2, 0.25) is 0 Å². The van der Waals surface area contributed by atoms with Crippen LogP contribution in [-0.2, 0) is 28.7 Å². The number of hydrogen-bond acceptors (Lipinski definition) is 15. The Kier molecular flexibility index (Phi) is 32.8. The Hall–Kier alpha value is -0.217. The predicted molar refractivity (Wildman–Crippen MR) is 130 cm³/mol. The Morgan fingerprint density at radius 2 is 1.41 bits per heavy atom. The third kappa shape index (κ3) is 23.1. The minimum Gasteiger partial charge on any atom is -1.00 e. The van der Waals surface area contributed by atoms with Gasteiger partial charge in [-0.05, 0) is 31.9 Å². The average Bonchev–Trinajstić information content (AvgIpc) is 2.89. The average molecular weight is 803 g/mol. The number of carbonyl (C=O) groups excluding carboxylic acids is 3. The largest absolute Gasteiger partial charge is 1.00 e. The number of nitro groups is 2. The zero-order valence-corrected chi connectivity index (χ0v) is 31.6. The molecule has 0 amide bonds. The van der Waals surface area contributed by atoms with E-state index in [1.54, 1.807) is 0 Å². The van der Waals surface area contributed by atoms with E-state index in [-0.39, 0.29) is 128 Å². The summed E-state index contributed by atoms with van der Waals surface area (Å²) in [5.74, 6) is -2.39. The molecule has 0 saturated carbocycles. The van der Waals surface area contributed by atoms with E-state index >= 15 is 0 Å². The standard InChI is InChI=1S/C8H7BrN2O5.C5H3BrN2O3.C3H5BrO2.CH2O3.2K.H/c1-15-7(12)4-16-5-2-3-6(9)10-8(5)11(13)14;6-4-2-1-3(9)5(7-4)8(10)11;1-6-3(5)2-4;2-1-4-3;;;/h2-3H,4H2,1H3;1-2,9H;2H2,1H3;1,3H;;;/q;;;;2*+1;-1/p-1. The fraction of sp³-hybridized carbons (Fsp3) is 0.235. The summed E-state index contributed by atoms with van der Waals surface area (Å²) in [7, 11) is 2.55. The van der Waals surface area contributed by atoms with Gasteiger partial charge in [0.2, 0.25) is 20.7 Å². The number of hydrogen-bond donors (Lipinski definition) is 1. The maximum atomic E-state index is 10.8. The first-order chi connectivity index (χ1) is 17.4. The van der Waals surface area contributed by atoms with Crippen LogP contribution in [0.4, 0.5) is 11.6 Å². The van der Waals surface area contributed by atoms with Gasteiger partial charge in [0.05, 0.1) is 14.2 Å². The zero-order chi connectivity index (χ0) is 29.0. The van der Waals surface area contributed by atoms with Gasteiger partial charge < -0.3 is 51.1 Å². The molecule has 0 aliphatic rings. The topological polar surface area (TPSA) is 243 Å². The summed E-state index contributed by atoms with van der Waals surface area (Å²) >= 11 is 8.83. The van der Waals surface area contributed by atoms with Gasteiger partial charge in [-0.2, -0.15) is 0 Å². The van der Waals surface area contributed by atoms with Crippen LogP contribution in [0.5, 0.6) is 11.5 Å². The summed E-state index contributed by atoms with van der Waals surface area (Å²) in [6.45, 7) is -0.583. The van der Waals surface area contributed by atoms with E-state index in [9.17, 15) is 29.8 Å². The molecule has 0 radical (unpaired) electrons. The van der Waals surface area contributed by atoms with Gasteiger partial charge in [0, 0.05) is 44.0 Å². The van der Waals surface area contributed by atoms with Crippen molar-refractivity contribution in [2.45, 2.75) is 0 Å². The molecule has 0 bridgehead atoms. The molecule has 0 aliphatic carbocycles. The minimum absolute atomic E-state index is 0. The quantitative estimate of drug-likeness (QED) is 0.0409. The number of alkyl halides is 1. The molecule has 2 aromatic rings. The number of ether oxygens (including phenoxy) is 3. The molecule has 0 fully saturated rings. The number of halogens is 3. The molecule has 0 atom stereocenters. The van der Waals surface area contributed by atoms with Crippen molar-refractivity contribution < 1.29 is 158 Å². The second kappa shape index (κ2) is 27.9. The fourth-order valence-corrected chi connectivity index (χ4v) is 2.29. The summed E-state index contributed by atoms with van der Waals surface area (Å²) in [5, 5.41) is 38.3. The van der Waals surface area contributed by atoms with Gasteiger partial charge in [-0.3, -0.25) is 9.59 Å². The summed E-state index contributed by atoms with van der Waals surface area (Å²) in [6, 6.07) is 5.44. The number of carbonyl (C=O) groups is 3. The zero-order valence-electron chi connectivity index (χ0n) is 21.6. The molecule has 0 saturated heterocycles. The number of rotatable bonds is 7. The molecule has 39 heavy (non-hydrogen) atoms. The third-order valence-electron chi connectivity index (χ3n) is 2.92. The van der Waals surface area contributed by atoms with Crippen LogP contribution in [0.3, 0.4) is 0 Å². The van der Waals surface area contributed by atoms with Gasteiger partial charge in [-0.25, -0.2) is 4.79 Å². The molecule has 2 aromatic heterocycles. The van der Waals surface area contributed by atoms with Gasteiger partial charge in [-0.1, -0.05) is 15.9 Å². The second-order valence-electron chi connectivity index (χ2n) is 5.21. The second-order valence-corrected chi connectivity index (χ2v) is 7.40. The smallest absolute Gasteiger partial charge is 1.00 e. The SMILES string of the molecule is COC(=O)CBr.COC(=O)COc1ccc(Br)nc1[N+](=O)[O-].O=CO[O-].O=[N+]([O-])c1nc(Br)ccc1O.[H-].[K+].[K+]. The van der Waals surface area contributed by atoms with Crippen LogP contribution in [0.25, 0.3) is 0 Å². The van der Waals surface area contributed by atoms with Gasteiger partial charge in [0.15, 0.2) is 6.61 Å². The van der Waals surface area contributed by atoms with Crippen LogP contribution in [0.15, 0.2) is 33.5 Å². The molecule has 2 rings (SSSR count). The normalized spacial score (nSPS) is 8.36. The maximum Gasteiger partial charge on any atom is 1.00 e. The number of aromatic hydroxyl groups is 1. The van der Waals surface area contributed by atoms with Crippen LogP contribution >= 0.6 is 47.8 Å². The van der Waals surface area contributed by atoms with Crippen LogP contribution < -0.4 is 113 Å². The van der Waals surface area contributed by atoms with Crippen molar-refractivity contribution >= 4 is 77.8 Å². The Bertz CT molecular complexity index is 1070. The van der Waals surface area contributed by atoms with E-state index in [1.807, 2.05) is 0 Å². The van der Waals surface area contributed by atoms with Gasteiger partial charge >= 0.3 is 126 Å². The Balaban J connectivity index is -0.000000149. The Labute approximate surface area is 331 Å². The first-order valence-electron chi connectivity index (χ1n) is 8.73. The molecule has 1 N–H and O–H groups in total. The molecule has 2 heterocycles. The first kappa shape index (κ1) is 45.8. The summed E-state index contributed by atoms with van der Waals surface area (Å²) < 4.78 is 14.1. The van der Waals surface area contributed by atoms with Crippen molar-refractivity contribution in [3.8, 4) is 11.5 Å². The molecule has 0 spiro atoms. The van der Waals surface area contributed by atoms with E-state index in [0.29, 0.717) is 9.21 Å². The van der Waals surface area contributed by atoms with E-state index < -0.39 is 39.8 Å².